The lowest BCUT2D eigenvalue weighted by molar-refractivity contribution is -0.128. The third-order valence-electron chi connectivity index (χ3n) is 3.83. The van der Waals surface area contributed by atoms with E-state index < -0.39 is 6.04 Å². The SMILES string of the molecule is Cc1cc(N[C@@H](C)C(=O)N2CCNC2=O)nn1-c1ccccc1Cl. The number of aromatic nitrogens is 2. The molecule has 0 unspecified atom stereocenters. The number of hydrogen-bond acceptors (Lipinski definition) is 4. The average molecular weight is 348 g/mol. The summed E-state index contributed by atoms with van der Waals surface area (Å²) in [6.07, 6.45) is 0. The number of rotatable bonds is 4. The maximum atomic E-state index is 12.3. The van der Waals surface area contributed by atoms with E-state index in [1.54, 1.807) is 17.7 Å². The van der Waals surface area contributed by atoms with Gasteiger partial charge in [-0.3, -0.25) is 9.69 Å². The lowest BCUT2D eigenvalue weighted by Crippen LogP contribution is -2.43. The number of nitrogens with zero attached hydrogens (tertiary/aromatic N) is 3. The lowest BCUT2D eigenvalue weighted by atomic mass is 10.3. The molecule has 1 atom stereocenters. The van der Waals surface area contributed by atoms with Crippen LogP contribution in [0.25, 0.3) is 5.69 Å². The molecule has 2 aromatic rings. The van der Waals surface area contributed by atoms with Gasteiger partial charge >= 0.3 is 6.03 Å². The van der Waals surface area contributed by atoms with Crippen LogP contribution in [0.15, 0.2) is 30.3 Å². The molecule has 8 heteroatoms. The molecule has 3 rings (SSSR count). The number of halogens is 1. The Morgan fingerprint density at radius 1 is 1.42 bits per heavy atom. The van der Waals surface area contributed by atoms with Gasteiger partial charge in [-0.05, 0) is 26.0 Å². The summed E-state index contributed by atoms with van der Waals surface area (Å²) in [7, 11) is 0. The van der Waals surface area contributed by atoms with E-state index in [1.807, 2.05) is 31.2 Å². The molecule has 2 heterocycles. The molecule has 2 N–H and O–H groups in total. The molecule has 0 radical (unpaired) electrons. The highest BCUT2D eigenvalue weighted by Gasteiger charge is 2.30. The van der Waals surface area contributed by atoms with E-state index in [9.17, 15) is 9.59 Å². The molecular formula is C16H18ClN5O2. The fourth-order valence-electron chi connectivity index (χ4n) is 2.61. The van der Waals surface area contributed by atoms with Gasteiger partial charge < -0.3 is 10.6 Å². The largest absolute Gasteiger partial charge is 0.357 e. The highest BCUT2D eigenvalue weighted by Crippen LogP contribution is 2.22. The number of aryl methyl sites for hydroxylation is 1. The molecule has 1 aliphatic heterocycles. The van der Waals surface area contributed by atoms with Crippen molar-refractivity contribution in [2.45, 2.75) is 19.9 Å². The third kappa shape index (κ3) is 3.07. The van der Waals surface area contributed by atoms with Crippen molar-refractivity contribution in [3.63, 3.8) is 0 Å². The van der Waals surface area contributed by atoms with Gasteiger partial charge in [0.2, 0.25) is 0 Å². The molecule has 126 valence electrons. The minimum absolute atomic E-state index is 0.282. The standard InChI is InChI=1S/C16H18ClN5O2/c1-10-9-14(20-22(10)13-6-4-3-5-12(13)17)19-11(2)15(23)21-8-7-18-16(21)24/h3-6,9,11H,7-8H2,1-2H3,(H,18,24)(H,19,20)/t11-/m0/s1. The highest BCUT2D eigenvalue weighted by atomic mass is 35.5. The number of carbonyl (C=O) groups excluding carboxylic acids is 2. The first-order chi connectivity index (χ1) is 11.5. The molecule has 0 saturated carbocycles. The quantitative estimate of drug-likeness (QED) is 0.888. The second-order valence-electron chi connectivity index (χ2n) is 5.62. The first-order valence-corrected chi connectivity index (χ1v) is 8.02. The summed E-state index contributed by atoms with van der Waals surface area (Å²) < 4.78 is 1.71. The number of amides is 3. The summed E-state index contributed by atoms with van der Waals surface area (Å²) >= 11 is 6.21. The average Bonchev–Trinajstić information content (AvgIpc) is 3.13. The topological polar surface area (TPSA) is 79.3 Å². The summed E-state index contributed by atoms with van der Waals surface area (Å²) in [6, 6.07) is 8.31. The normalized spacial score (nSPS) is 15.3. The van der Waals surface area contributed by atoms with Crippen LogP contribution in [0, 0.1) is 6.92 Å². The lowest BCUT2D eigenvalue weighted by Gasteiger charge is -2.18. The molecule has 7 nitrogen and oxygen atoms in total. The number of nitrogens with one attached hydrogen (secondary N) is 2. The molecule has 24 heavy (non-hydrogen) atoms. The molecule has 1 saturated heterocycles. The van der Waals surface area contributed by atoms with Crippen molar-refractivity contribution in [1.82, 2.24) is 20.0 Å². The molecular weight excluding hydrogens is 330 g/mol. The minimum Gasteiger partial charge on any atom is -0.357 e. The first kappa shape index (κ1) is 16.3. The molecule has 1 aromatic heterocycles. The van der Waals surface area contributed by atoms with E-state index in [0.29, 0.717) is 23.9 Å². The van der Waals surface area contributed by atoms with Gasteiger partial charge in [-0.1, -0.05) is 23.7 Å². The van der Waals surface area contributed by atoms with Crippen molar-refractivity contribution >= 4 is 29.4 Å². The Hall–Kier alpha value is -2.54. The zero-order chi connectivity index (χ0) is 17.3. The van der Waals surface area contributed by atoms with E-state index in [-0.39, 0.29) is 11.9 Å². The Morgan fingerprint density at radius 3 is 2.83 bits per heavy atom. The fraction of sp³-hybridized carbons (Fsp3) is 0.312. The van der Waals surface area contributed by atoms with Crippen molar-refractivity contribution in [3.05, 3.63) is 41.0 Å². The van der Waals surface area contributed by atoms with Crippen LogP contribution in [-0.2, 0) is 4.79 Å². The second kappa shape index (κ2) is 6.52. The van der Waals surface area contributed by atoms with Gasteiger partial charge in [-0.2, -0.15) is 5.10 Å². The van der Waals surface area contributed by atoms with Gasteiger partial charge in [-0.15, -0.1) is 0 Å². The Labute approximate surface area is 144 Å². The van der Waals surface area contributed by atoms with Crippen LogP contribution < -0.4 is 10.6 Å². The van der Waals surface area contributed by atoms with Crippen molar-refractivity contribution in [2.24, 2.45) is 0 Å². The maximum Gasteiger partial charge on any atom is 0.324 e. The van der Waals surface area contributed by atoms with E-state index in [2.05, 4.69) is 15.7 Å². The number of carbonyl (C=O) groups is 2. The molecule has 1 aromatic carbocycles. The van der Waals surface area contributed by atoms with Crippen LogP contribution in [0.4, 0.5) is 10.6 Å². The van der Waals surface area contributed by atoms with Gasteiger partial charge in [0.15, 0.2) is 0 Å². The van der Waals surface area contributed by atoms with Gasteiger partial charge in [0, 0.05) is 24.8 Å². The Morgan fingerprint density at radius 2 is 2.17 bits per heavy atom. The first-order valence-electron chi connectivity index (χ1n) is 7.64. The number of urea groups is 1. The zero-order valence-corrected chi connectivity index (χ0v) is 14.2. The summed E-state index contributed by atoms with van der Waals surface area (Å²) in [5.41, 5.74) is 1.65. The van der Waals surface area contributed by atoms with E-state index in [4.69, 9.17) is 11.6 Å². The van der Waals surface area contributed by atoms with Gasteiger partial charge in [0.1, 0.15) is 11.9 Å². The van der Waals surface area contributed by atoms with Gasteiger partial charge in [0.05, 0.1) is 10.7 Å². The van der Waals surface area contributed by atoms with Crippen LogP contribution in [0.2, 0.25) is 5.02 Å². The van der Waals surface area contributed by atoms with Crippen LogP contribution in [-0.4, -0.2) is 45.8 Å². The summed E-state index contributed by atoms with van der Waals surface area (Å²) in [5, 5.41) is 10.7. The Balaban J connectivity index is 1.77. The Bertz CT molecular complexity index is 789. The zero-order valence-electron chi connectivity index (χ0n) is 13.4. The van der Waals surface area contributed by atoms with Gasteiger partial charge in [0.25, 0.3) is 5.91 Å². The number of hydrogen-bond donors (Lipinski definition) is 2. The van der Waals surface area contributed by atoms with Crippen molar-refractivity contribution in [2.75, 3.05) is 18.4 Å². The monoisotopic (exact) mass is 347 g/mol. The predicted octanol–water partition coefficient (Wildman–Crippen LogP) is 2.19. The molecule has 3 amide bonds. The van der Waals surface area contributed by atoms with Crippen molar-refractivity contribution in [3.8, 4) is 5.69 Å². The summed E-state index contributed by atoms with van der Waals surface area (Å²) in [6.45, 7) is 4.48. The molecule has 0 bridgehead atoms. The summed E-state index contributed by atoms with van der Waals surface area (Å²) in [5.74, 6) is 0.267. The van der Waals surface area contributed by atoms with E-state index in [1.165, 1.54) is 4.90 Å². The Kier molecular flexibility index (Phi) is 4.44. The van der Waals surface area contributed by atoms with Crippen molar-refractivity contribution in [1.29, 1.82) is 0 Å². The van der Waals surface area contributed by atoms with Crippen LogP contribution in [0.1, 0.15) is 12.6 Å². The smallest absolute Gasteiger partial charge is 0.324 e. The number of benzene rings is 1. The second-order valence-corrected chi connectivity index (χ2v) is 6.03. The molecule has 1 fully saturated rings. The highest BCUT2D eigenvalue weighted by molar-refractivity contribution is 6.32. The van der Waals surface area contributed by atoms with Crippen LogP contribution >= 0.6 is 11.6 Å². The summed E-state index contributed by atoms with van der Waals surface area (Å²) in [4.78, 5) is 25.1. The third-order valence-corrected chi connectivity index (χ3v) is 4.15. The van der Waals surface area contributed by atoms with Crippen molar-refractivity contribution < 1.29 is 9.59 Å². The minimum atomic E-state index is -0.567. The number of anilines is 1. The molecule has 0 aliphatic carbocycles. The number of imide groups is 1. The predicted molar refractivity (Wildman–Crippen MR) is 91.5 cm³/mol. The van der Waals surface area contributed by atoms with E-state index in [0.717, 1.165) is 11.4 Å². The fourth-order valence-corrected chi connectivity index (χ4v) is 2.83. The van der Waals surface area contributed by atoms with Crippen LogP contribution in [0.5, 0.6) is 0 Å². The van der Waals surface area contributed by atoms with Gasteiger partial charge in [-0.25, -0.2) is 9.48 Å². The molecule has 1 aliphatic rings. The molecule has 0 spiro atoms. The van der Waals surface area contributed by atoms with Crippen LogP contribution in [0.3, 0.4) is 0 Å². The van der Waals surface area contributed by atoms with E-state index >= 15 is 0 Å². The maximum absolute atomic E-state index is 12.3. The number of para-hydroxylation sites is 1.